The number of halogens is 6. The first-order valence-corrected chi connectivity index (χ1v) is 5.67. The number of hydrogen-bond donors (Lipinski definition) is 0. The highest BCUT2D eigenvalue weighted by Gasteiger charge is 2.26. The van der Waals surface area contributed by atoms with Gasteiger partial charge in [0, 0.05) is 0 Å². The predicted molar refractivity (Wildman–Crippen MR) is 53.3 cm³/mol. The maximum absolute atomic E-state index is 13.5. The summed E-state index contributed by atoms with van der Waals surface area (Å²) < 4.78 is 79.1. The molecular weight excluding hydrogens is 280 g/mol. The van der Waals surface area contributed by atoms with Crippen LogP contribution in [0.2, 0.25) is 0 Å². The third-order valence-corrected chi connectivity index (χ3v) is 3.06. The summed E-state index contributed by atoms with van der Waals surface area (Å²) in [5.74, 6) is -11.1. The predicted octanol–water partition coefficient (Wildman–Crippen LogP) is 3.79. The first-order chi connectivity index (χ1) is 8.40. The number of hydrogen-bond acceptors (Lipinski definition) is 2. The molecule has 0 unspecified atom stereocenters. The average Bonchev–Trinajstić information content (AvgIpc) is 2.36. The summed E-state index contributed by atoms with van der Waals surface area (Å²) in [6.07, 6.45) is 1.25. The lowest BCUT2D eigenvalue weighted by atomic mass is 10.2. The molecule has 96 valence electrons. The molecule has 0 atom stereocenters. The lowest BCUT2D eigenvalue weighted by molar-refractivity contribution is 0.412. The highest BCUT2D eigenvalue weighted by atomic mass is 32.2. The summed E-state index contributed by atoms with van der Waals surface area (Å²) in [7, 11) is 0. The van der Waals surface area contributed by atoms with E-state index in [0.29, 0.717) is 11.8 Å². The second-order valence-corrected chi connectivity index (χ2v) is 4.05. The van der Waals surface area contributed by atoms with Crippen molar-refractivity contribution in [1.82, 2.24) is 4.98 Å². The van der Waals surface area contributed by atoms with Gasteiger partial charge in [-0.1, -0.05) is 0 Å². The summed E-state index contributed by atoms with van der Waals surface area (Å²) in [5.41, 5.74) is -1.09. The van der Waals surface area contributed by atoms with E-state index in [4.69, 9.17) is 0 Å². The van der Waals surface area contributed by atoms with Crippen molar-refractivity contribution in [3.63, 3.8) is 0 Å². The minimum Gasteiger partial charge on any atom is -0.214 e. The summed E-state index contributed by atoms with van der Waals surface area (Å²) in [6, 6.07) is 0. The molecule has 0 saturated carbocycles. The van der Waals surface area contributed by atoms with Gasteiger partial charge in [-0.05, 0) is 6.26 Å². The average molecular weight is 283 g/mol. The van der Waals surface area contributed by atoms with Crippen molar-refractivity contribution >= 4 is 22.7 Å². The number of pyridine rings is 1. The molecule has 0 amide bonds. The van der Waals surface area contributed by atoms with E-state index in [2.05, 4.69) is 4.98 Å². The molecule has 2 rings (SSSR count). The van der Waals surface area contributed by atoms with Crippen LogP contribution in [0.15, 0.2) is 4.90 Å². The molecule has 0 fully saturated rings. The van der Waals surface area contributed by atoms with Gasteiger partial charge in [0.15, 0.2) is 29.1 Å². The largest absolute Gasteiger partial charge is 0.250 e. The molecule has 1 aromatic heterocycles. The number of nitrogens with zero attached hydrogens (tertiary/aromatic N) is 1. The molecule has 0 aliphatic heterocycles. The van der Waals surface area contributed by atoms with Crippen molar-refractivity contribution in [3.05, 3.63) is 35.0 Å². The Bertz CT molecular complexity index is 657. The van der Waals surface area contributed by atoms with E-state index >= 15 is 0 Å². The Balaban J connectivity index is 3.11. The quantitative estimate of drug-likeness (QED) is 0.260. The van der Waals surface area contributed by atoms with Gasteiger partial charge in [0.25, 0.3) is 5.95 Å². The van der Waals surface area contributed by atoms with Crippen LogP contribution in [0.4, 0.5) is 26.3 Å². The van der Waals surface area contributed by atoms with E-state index < -0.39 is 50.8 Å². The van der Waals surface area contributed by atoms with Crippen LogP contribution in [0.25, 0.3) is 10.9 Å². The normalized spacial score (nSPS) is 11.3. The summed E-state index contributed by atoms with van der Waals surface area (Å²) in [4.78, 5) is 2.10. The van der Waals surface area contributed by atoms with Gasteiger partial charge in [0.1, 0.15) is 5.52 Å². The fraction of sp³-hybridized carbons (Fsp3) is 0.100. The van der Waals surface area contributed by atoms with Crippen molar-refractivity contribution in [3.8, 4) is 0 Å². The Labute approximate surface area is 101 Å². The molecular formula is C10H3F6NS. The monoisotopic (exact) mass is 283 g/mol. The fourth-order valence-electron chi connectivity index (χ4n) is 1.47. The van der Waals surface area contributed by atoms with Gasteiger partial charge in [-0.2, -0.15) is 4.39 Å². The number of benzene rings is 1. The molecule has 0 bridgehead atoms. The maximum atomic E-state index is 13.5. The third kappa shape index (κ3) is 1.63. The Hall–Kier alpha value is -1.44. The van der Waals surface area contributed by atoms with Crippen molar-refractivity contribution in [2.24, 2.45) is 0 Å². The Morgan fingerprint density at radius 3 is 1.89 bits per heavy atom. The van der Waals surface area contributed by atoms with Crippen LogP contribution in [0.3, 0.4) is 0 Å². The van der Waals surface area contributed by atoms with Crippen LogP contribution >= 0.6 is 11.8 Å². The minimum absolute atomic E-state index is 0.526. The smallest absolute Gasteiger partial charge is 0.214 e. The molecule has 0 radical (unpaired) electrons. The number of rotatable bonds is 1. The van der Waals surface area contributed by atoms with Gasteiger partial charge in [-0.15, -0.1) is 11.8 Å². The molecule has 1 heterocycles. The summed E-state index contributed by atoms with van der Waals surface area (Å²) >= 11 is 0.526. The van der Waals surface area contributed by atoms with Crippen molar-refractivity contribution in [2.75, 3.05) is 6.26 Å². The van der Waals surface area contributed by atoms with E-state index in [1.807, 2.05) is 0 Å². The van der Waals surface area contributed by atoms with Crippen molar-refractivity contribution < 1.29 is 26.3 Å². The van der Waals surface area contributed by atoms with Crippen LogP contribution in [0, 0.1) is 35.0 Å². The van der Waals surface area contributed by atoms with E-state index in [9.17, 15) is 26.3 Å². The van der Waals surface area contributed by atoms with Gasteiger partial charge in [0.2, 0.25) is 0 Å². The maximum Gasteiger partial charge on any atom is 0.250 e. The molecule has 2 aromatic rings. The van der Waals surface area contributed by atoms with E-state index in [1.54, 1.807) is 0 Å². The molecule has 8 heteroatoms. The molecule has 1 aromatic carbocycles. The lowest BCUT2D eigenvalue weighted by Gasteiger charge is -2.09. The van der Waals surface area contributed by atoms with Gasteiger partial charge >= 0.3 is 0 Å². The van der Waals surface area contributed by atoms with Crippen LogP contribution in [0.5, 0.6) is 0 Å². The molecule has 0 N–H and O–H groups in total. The zero-order chi connectivity index (χ0) is 13.6. The van der Waals surface area contributed by atoms with E-state index in [-0.39, 0.29) is 0 Å². The van der Waals surface area contributed by atoms with Gasteiger partial charge in [-0.25, -0.2) is 26.9 Å². The molecule has 0 spiro atoms. The third-order valence-electron chi connectivity index (χ3n) is 2.26. The highest BCUT2D eigenvalue weighted by molar-refractivity contribution is 7.98. The Morgan fingerprint density at radius 1 is 0.778 bits per heavy atom. The van der Waals surface area contributed by atoms with Gasteiger partial charge in [0.05, 0.1) is 10.3 Å². The second kappa shape index (κ2) is 4.34. The molecule has 1 nitrogen and oxygen atoms in total. The molecule has 18 heavy (non-hydrogen) atoms. The summed E-state index contributed by atoms with van der Waals surface area (Å²) in [6.45, 7) is 0. The topological polar surface area (TPSA) is 12.9 Å². The van der Waals surface area contributed by atoms with E-state index in [0.717, 1.165) is 0 Å². The van der Waals surface area contributed by atoms with Crippen LogP contribution in [0.1, 0.15) is 0 Å². The summed E-state index contributed by atoms with van der Waals surface area (Å²) in [5, 5.41) is -0.919. The van der Waals surface area contributed by atoms with Gasteiger partial charge < -0.3 is 0 Å². The SMILES string of the molecule is CSc1c(F)c(F)nc2c(F)c(F)c(F)c(F)c12. The van der Waals surface area contributed by atoms with Crippen molar-refractivity contribution in [1.29, 1.82) is 0 Å². The first kappa shape index (κ1) is 13.0. The molecule has 0 aliphatic rings. The number of fused-ring (bicyclic) bond motifs is 1. The van der Waals surface area contributed by atoms with Crippen LogP contribution in [-0.2, 0) is 0 Å². The Morgan fingerprint density at radius 2 is 1.33 bits per heavy atom. The van der Waals surface area contributed by atoms with Crippen molar-refractivity contribution in [2.45, 2.75) is 4.90 Å². The Kier molecular flexibility index (Phi) is 3.14. The first-order valence-electron chi connectivity index (χ1n) is 4.44. The fourth-order valence-corrected chi connectivity index (χ4v) is 2.13. The molecule has 0 saturated heterocycles. The van der Waals surface area contributed by atoms with Crippen LogP contribution < -0.4 is 0 Å². The standard InChI is InChI=1S/C10H3F6NS/c1-18-9-2-3(11)4(12)5(13)6(14)8(2)17-10(16)7(9)15/h1H3. The lowest BCUT2D eigenvalue weighted by Crippen LogP contribution is -2.04. The second-order valence-electron chi connectivity index (χ2n) is 3.23. The zero-order valence-corrected chi connectivity index (χ0v) is 9.44. The minimum atomic E-state index is -2.12. The number of thioether (sulfide) groups is 1. The zero-order valence-electron chi connectivity index (χ0n) is 8.62. The van der Waals surface area contributed by atoms with Gasteiger partial charge in [-0.3, -0.25) is 0 Å². The van der Waals surface area contributed by atoms with E-state index in [1.165, 1.54) is 6.26 Å². The number of aromatic nitrogens is 1. The molecule has 0 aliphatic carbocycles. The van der Waals surface area contributed by atoms with Crippen LogP contribution in [-0.4, -0.2) is 11.2 Å². The highest BCUT2D eigenvalue weighted by Crippen LogP contribution is 2.34.